The normalized spacial score (nSPS) is 11.3. The quantitative estimate of drug-likeness (QED) is 0.766. The molecule has 2 aromatic rings. The highest BCUT2D eigenvalue weighted by Crippen LogP contribution is 2.33. The molecule has 126 valence electrons. The average molecular weight is 320 g/mol. The SMILES string of the molecule is CC(C)Oc1cc(OC(C)C)c2cc(C(=O)OCCN)[nH]c2c1. The molecule has 0 amide bonds. The van der Waals surface area contributed by atoms with Crippen molar-refractivity contribution < 1.29 is 19.0 Å². The van der Waals surface area contributed by atoms with Gasteiger partial charge < -0.3 is 24.9 Å². The molecule has 0 saturated heterocycles. The lowest BCUT2D eigenvalue weighted by atomic mass is 10.2. The van der Waals surface area contributed by atoms with Crippen LogP contribution >= 0.6 is 0 Å². The average Bonchev–Trinajstić information content (AvgIpc) is 2.87. The second-order valence-electron chi connectivity index (χ2n) is 5.82. The first-order valence-electron chi connectivity index (χ1n) is 7.78. The van der Waals surface area contributed by atoms with E-state index in [9.17, 15) is 4.79 Å². The topological polar surface area (TPSA) is 86.6 Å². The Labute approximate surface area is 135 Å². The number of hydrogen-bond donors (Lipinski definition) is 2. The number of carbonyl (C=O) groups excluding carboxylic acids is 1. The van der Waals surface area contributed by atoms with Gasteiger partial charge >= 0.3 is 5.97 Å². The number of rotatable bonds is 7. The van der Waals surface area contributed by atoms with Crippen molar-refractivity contribution in [3.8, 4) is 11.5 Å². The number of aromatic amines is 1. The van der Waals surface area contributed by atoms with Crippen molar-refractivity contribution in [3.63, 3.8) is 0 Å². The number of ether oxygens (including phenoxy) is 3. The predicted octanol–water partition coefficient (Wildman–Crippen LogP) is 2.86. The van der Waals surface area contributed by atoms with Gasteiger partial charge in [-0.25, -0.2) is 4.79 Å². The Bertz CT molecular complexity index is 677. The zero-order chi connectivity index (χ0) is 17.0. The molecule has 0 radical (unpaired) electrons. The number of benzene rings is 1. The molecule has 0 fully saturated rings. The molecule has 0 saturated carbocycles. The Morgan fingerprint density at radius 3 is 2.43 bits per heavy atom. The van der Waals surface area contributed by atoms with E-state index in [-0.39, 0.29) is 18.8 Å². The highest BCUT2D eigenvalue weighted by atomic mass is 16.5. The number of esters is 1. The maximum atomic E-state index is 12.0. The van der Waals surface area contributed by atoms with Gasteiger partial charge in [0, 0.05) is 24.1 Å². The van der Waals surface area contributed by atoms with Crippen LogP contribution in [0, 0.1) is 0 Å². The Morgan fingerprint density at radius 2 is 1.83 bits per heavy atom. The van der Waals surface area contributed by atoms with Crippen LogP contribution in [-0.4, -0.2) is 36.3 Å². The van der Waals surface area contributed by atoms with Crippen LogP contribution in [0.5, 0.6) is 11.5 Å². The van der Waals surface area contributed by atoms with Gasteiger partial charge in [0.25, 0.3) is 0 Å². The number of fused-ring (bicyclic) bond motifs is 1. The lowest BCUT2D eigenvalue weighted by Gasteiger charge is -2.14. The molecule has 3 N–H and O–H groups in total. The van der Waals surface area contributed by atoms with E-state index in [1.54, 1.807) is 6.07 Å². The molecule has 23 heavy (non-hydrogen) atoms. The van der Waals surface area contributed by atoms with Gasteiger partial charge in [-0.2, -0.15) is 0 Å². The van der Waals surface area contributed by atoms with Crippen LogP contribution in [0.3, 0.4) is 0 Å². The Kier molecular flexibility index (Phi) is 5.50. The van der Waals surface area contributed by atoms with E-state index >= 15 is 0 Å². The molecule has 6 heteroatoms. The Hall–Kier alpha value is -2.21. The smallest absolute Gasteiger partial charge is 0.354 e. The summed E-state index contributed by atoms with van der Waals surface area (Å²) in [6, 6.07) is 5.42. The van der Waals surface area contributed by atoms with Crippen molar-refractivity contribution in [3.05, 3.63) is 23.9 Å². The maximum Gasteiger partial charge on any atom is 0.354 e. The van der Waals surface area contributed by atoms with Gasteiger partial charge in [-0.3, -0.25) is 0 Å². The molecule has 1 heterocycles. The number of hydrogen-bond acceptors (Lipinski definition) is 5. The number of H-pyrrole nitrogens is 1. The molecule has 0 unspecified atom stereocenters. The van der Waals surface area contributed by atoms with E-state index < -0.39 is 5.97 Å². The van der Waals surface area contributed by atoms with Gasteiger partial charge in [-0.05, 0) is 33.8 Å². The first-order valence-corrected chi connectivity index (χ1v) is 7.78. The van der Waals surface area contributed by atoms with Crippen LogP contribution in [0.25, 0.3) is 10.9 Å². The molecule has 1 aromatic heterocycles. The van der Waals surface area contributed by atoms with Crippen LogP contribution in [0.2, 0.25) is 0 Å². The minimum absolute atomic E-state index is 0.00930. The van der Waals surface area contributed by atoms with Crippen molar-refractivity contribution >= 4 is 16.9 Å². The molecule has 6 nitrogen and oxygen atoms in total. The monoisotopic (exact) mass is 320 g/mol. The first-order chi connectivity index (χ1) is 10.9. The summed E-state index contributed by atoms with van der Waals surface area (Å²) in [5.41, 5.74) is 6.48. The molecular formula is C17H24N2O4. The van der Waals surface area contributed by atoms with E-state index in [4.69, 9.17) is 19.9 Å². The van der Waals surface area contributed by atoms with E-state index in [1.165, 1.54) is 0 Å². The summed E-state index contributed by atoms with van der Waals surface area (Å²) in [5, 5.41) is 0.814. The number of carbonyl (C=O) groups is 1. The van der Waals surface area contributed by atoms with E-state index in [0.29, 0.717) is 23.7 Å². The third-order valence-electron chi connectivity index (χ3n) is 2.98. The van der Waals surface area contributed by atoms with Crippen LogP contribution in [-0.2, 0) is 4.74 Å². The molecule has 0 aliphatic heterocycles. The highest BCUT2D eigenvalue weighted by Gasteiger charge is 2.16. The van der Waals surface area contributed by atoms with Crippen LogP contribution in [0.1, 0.15) is 38.2 Å². The predicted molar refractivity (Wildman–Crippen MR) is 89.2 cm³/mol. The van der Waals surface area contributed by atoms with Crippen molar-refractivity contribution in [2.45, 2.75) is 39.9 Å². The van der Waals surface area contributed by atoms with Crippen LogP contribution in [0.15, 0.2) is 18.2 Å². The van der Waals surface area contributed by atoms with Crippen molar-refractivity contribution in [1.82, 2.24) is 4.98 Å². The summed E-state index contributed by atoms with van der Waals surface area (Å²) in [7, 11) is 0. The summed E-state index contributed by atoms with van der Waals surface area (Å²) >= 11 is 0. The third kappa shape index (κ3) is 4.39. The molecule has 0 spiro atoms. The standard InChI is InChI=1S/C17H24N2O4/c1-10(2)22-12-7-14-13(16(8-12)23-11(3)4)9-15(19-14)17(20)21-6-5-18/h7-11,19H,5-6,18H2,1-4H3. The van der Waals surface area contributed by atoms with Gasteiger partial charge in [-0.15, -0.1) is 0 Å². The summed E-state index contributed by atoms with van der Waals surface area (Å²) in [5.74, 6) is 0.919. The van der Waals surface area contributed by atoms with Crippen molar-refractivity contribution in [1.29, 1.82) is 0 Å². The van der Waals surface area contributed by atoms with Crippen LogP contribution < -0.4 is 15.2 Å². The lowest BCUT2D eigenvalue weighted by molar-refractivity contribution is 0.0511. The van der Waals surface area contributed by atoms with E-state index in [2.05, 4.69) is 4.98 Å². The summed E-state index contributed by atoms with van der Waals surface area (Å²) < 4.78 is 16.7. The Balaban J connectivity index is 2.42. The minimum atomic E-state index is -0.437. The molecular weight excluding hydrogens is 296 g/mol. The maximum absolute atomic E-state index is 12.0. The first kappa shape index (κ1) is 17.1. The zero-order valence-electron chi connectivity index (χ0n) is 14.0. The number of aromatic nitrogens is 1. The number of nitrogens with two attached hydrogens (primary N) is 1. The highest BCUT2D eigenvalue weighted by molar-refractivity contribution is 5.97. The van der Waals surface area contributed by atoms with Gasteiger partial charge in [0.2, 0.25) is 0 Å². The largest absolute Gasteiger partial charge is 0.491 e. The van der Waals surface area contributed by atoms with Crippen molar-refractivity contribution in [2.24, 2.45) is 5.73 Å². The fourth-order valence-electron chi connectivity index (χ4n) is 2.21. The number of nitrogens with one attached hydrogen (secondary N) is 1. The minimum Gasteiger partial charge on any atom is -0.491 e. The molecule has 0 aliphatic carbocycles. The van der Waals surface area contributed by atoms with Gasteiger partial charge in [-0.1, -0.05) is 0 Å². The van der Waals surface area contributed by atoms with Gasteiger partial charge in [0.1, 0.15) is 23.8 Å². The second kappa shape index (κ2) is 7.37. The molecule has 0 aliphatic rings. The fourth-order valence-corrected chi connectivity index (χ4v) is 2.21. The molecule has 0 atom stereocenters. The fraction of sp³-hybridized carbons (Fsp3) is 0.471. The Morgan fingerprint density at radius 1 is 1.13 bits per heavy atom. The zero-order valence-corrected chi connectivity index (χ0v) is 14.0. The summed E-state index contributed by atoms with van der Waals surface area (Å²) in [6.45, 7) is 8.29. The van der Waals surface area contributed by atoms with Crippen LogP contribution in [0.4, 0.5) is 0 Å². The van der Waals surface area contributed by atoms with Gasteiger partial charge in [0.15, 0.2) is 0 Å². The molecule has 1 aromatic carbocycles. The second-order valence-corrected chi connectivity index (χ2v) is 5.82. The molecule has 0 bridgehead atoms. The van der Waals surface area contributed by atoms with Gasteiger partial charge in [0.05, 0.1) is 17.7 Å². The lowest BCUT2D eigenvalue weighted by Crippen LogP contribution is -2.13. The summed E-state index contributed by atoms with van der Waals surface area (Å²) in [4.78, 5) is 15.0. The van der Waals surface area contributed by atoms with E-state index in [1.807, 2.05) is 39.8 Å². The van der Waals surface area contributed by atoms with Crippen molar-refractivity contribution in [2.75, 3.05) is 13.2 Å². The van der Waals surface area contributed by atoms with E-state index in [0.717, 1.165) is 10.9 Å². The molecule has 2 rings (SSSR count). The summed E-state index contributed by atoms with van der Waals surface area (Å²) in [6.07, 6.45) is 0.0540. The third-order valence-corrected chi connectivity index (χ3v) is 2.98.